The van der Waals surface area contributed by atoms with Gasteiger partial charge < -0.3 is 15.7 Å². The van der Waals surface area contributed by atoms with E-state index >= 15 is 4.39 Å². The average molecular weight is 510 g/mol. The van der Waals surface area contributed by atoms with Gasteiger partial charge in [0.15, 0.2) is 0 Å². The van der Waals surface area contributed by atoms with Gasteiger partial charge in [-0.15, -0.1) is 0 Å². The molecule has 37 heavy (non-hydrogen) atoms. The fraction of sp³-hybridized carbons (Fsp3) is 0.500. The molecule has 196 valence electrons. The molecule has 3 heterocycles. The van der Waals surface area contributed by atoms with E-state index in [4.69, 9.17) is 5.11 Å². The summed E-state index contributed by atoms with van der Waals surface area (Å²) < 4.78 is 16.5. The maximum atomic E-state index is 15.0. The molecule has 1 atom stereocenters. The van der Waals surface area contributed by atoms with Gasteiger partial charge in [0.2, 0.25) is 11.9 Å². The van der Waals surface area contributed by atoms with Gasteiger partial charge >= 0.3 is 0 Å². The number of hydrogen-bond donors (Lipinski definition) is 4. The molecule has 4 N–H and O–H groups in total. The van der Waals surface area contributed by atoms with E-state index in [2.05, 4.69) is 30.9 Å². The van der Waals surface area contributed by atoms with Crippen LogP contribution in [0.15, 0.2) is 24.4 Å². The Hall–Kier alpha value is -3.60. The SMILES string of the molecule is Cc1n[nH]c(C)c1-c1ccc(NC(=O)[C@@H](NC(=O)c2ccnn2CCCO)C(C2CC2)C2CC2)nc1F. The lowest BCUT2D eigenvalue weighted by Gasteiger charge is -2.27. The van der Waals surface area contributed by atoms with Crippen molar-refractivity contribution in [3.05, 3.63) is 47.4 Å². The molecule has 2 saturated carbocycles. The van der Waals surface area contributed by atoms with Crippen LogP contribution in [-0.4, -0.2) is 54.5 Å². The van der Waals surface area contributed by atoms with Gasteiger partial charge in [-0.25, -0.2) is 4.98 Å². The van der Waals surface area contributed by atoms with E-state index in [1.54, 1.807) is 25.1 Å². The Morgan fingerprint density at radius 3 is 2.51 bits per heavy atom. The molecule has 3 aromatic rings. The first-order valence-electron chi connectivity index (χ1n) is 12.8. The fourth-order valence-corrected chi connectivity index (χ4v) is 5.21. The molecule has 0 saturated heterocycles. The van der Waals surface area contributed by atoms with Crippen molar-refractivity contribution >= 4 is 17.6 Å². The van der Waals surface area contributed by atoms with Crippen molar-refractivity contribution in [3.8, 4) is 11.1 Å². The Balaban J connectivity index is 1.37. The third-order valence-electron chi connectivity index (χ3n) is 7.26. The van der Waals surface area contributed by atoms with Gasteiger partial charge in [0.25, 0.3) is 5.91 Å². The fourth-order valence-electron chi connectivity index (χ4n) is 5.21. The zero-order chi connectivity index (χ0) is 26.1. The third-order valence-corrected chi connectivity index (χ3v) is 7.26. The first-order valence-corrected chi connectivity index (χ1v) is 12.8. The summed E-state index contributed by atoms with van der Waals surface area (Å²) in [6.45, 7) is 3.97. The Morgan fingerprint density at radius 1 is 1.19 bits per heavy atom. The topological polar surface area (TPSA) is 138 Å². The van der Waals surface area contributed by atoms with Crippen molar-refractivity contribution in [1.29, 1.82) is 0 Å². The number of pyridine rings is 1. The minimum absolute atomic E-state index is 0.0121. The first-order chi connectivity index (χ1) is 17.9. The molecule has 0 aromatic carbocycles. The normalized spacial score (nSPS) is 16.1. The number of aromatic nitrogens is 5. The van der Waals surface area contributed by atoms with Gasteiger partial charge in [-0.1, -0.05) is 0 Å². The lowest BCUT2D eigenvalue weighted by atomic mass is 9.88. The van der Waals surface area contributed by atoms with E-state index in [-0.39, 0.29) is 18.3 Å². The van der Waals surface area contributed by atoms with Gasteiger partial charge in [-0.2, -0.15) is 14.6 Å². The second-order valence-corrected chi connectivity index (χ2v) is 10.1. The highest BCUT2D eigenvalue weighted by molar-refractivity contribution is 6.00. The highest BCUT2D eigenvalue weighted by Crippen LogP contribution is 2.51. The molecule has 2 aliphatic carbocycles. The molecule has 0 bridgehead atoms. The van der Waals surface area contributed by atoms with Crippen LogP contribution in [0.1, 0.15) is 54.0 Å². The quantitative estimate of drug-likeness (QED) is 0.293. The lowest BCUT2D eigenvalue weighted by molar-refractivity contribution is -0.119. The maximum Gasteiger partial charge on any atom is 0.270 e. The number of anilines is 1. The molecule has 2 fully saturated rings. The molecule has 10 nitrogen and oxygen atoms in total. The number of amides is 2. The Labute approximate surface area is 214 Å². The largest absolute Gasteiger partial charge is 0.396 e. The first kappa shape index (κ1) is 25.1. The van der Waals surface area contributed by atoms with E-state index in [1.807, 2.05) is 6.92 Å². The number of aliphatic hydroxyl groups is 1. The second-order valence-electron chi connectivity index (χ2n) is 10.1. The summed E-state index contributed by atoms with van der Waals surface area (Å²) in [4.78, 5) is 30.8. The number of aliphatic hydroxyl groups excluding tert-OH is 1. The number of carbonyl (C=O) groups is 2. The van der Waals surface area contributed by atoms with Crippen LogP contribution in [0.25, 0.3) is 11.1 Å². The summed E-state index contributed by atoms with van der Waals surface area (Å²) in [7, 11) is 0. The van der Waals surface area contributed by atoms with Crippen LogP contribution in [0.5, 0.6) is 0 Å². The van der Waals surface area contributed by atoms with Crippen molar-refractivity contribution in [2.75, 3.05) is 11.9 Å². The number of hydrogen-bond acceptors (Lipinski definition) is 6. The summed E-state index contributed by atoms with van der Waals surface area (Å²) >= 11 is 0. The average Bonchev–Trinajstić information content (AvgIpc) is 3.80. The summed E-state index contributed by atoms with van der Waals surface area (Å²) in [5.74, 6) is -0.666. The summed E-state index contributed by atoms with van der Waals surface area (Å²) in [5.41, 5.74) is 2.67. The Morgan fingerprint density at radius 2 is 1.92 bits per heavy atom. The Kier molecular flexibility index (Phi) is 7.05. The van der Waals surface area contributed by atoms with Gasteiger partial charge in [0.1, 0.15) is 17.6 Å². The van der Waals surface area contributed by atoms with Gasteiger partial charge in [-0.05, 0) is 81.9 Å². The highest BCUT2D eigenvalue weighted by atomic mass is 19.1. The summed E-state index contributed by atoms with van der Waals surface area (Å²) in [5, 5.41) is 26.0. The van der Waals surface area contributed by atoms with Gasteiger partial charge in [-0.3, -0.25) is 19.4 Å². The van der Waals surface area contributed by atoms with E-state index in [1.165, 1.54) is 10.9 Å². The standard InChI is InChI=1S/C26H32FN7O3/c1-14-21(15(2)33-32-14)18-8-9-20(29-24(18)27)30-26(37)23(22(16-4-5-16)17-6-7-17)31-25(36)19-10-11-28-34(19)12-3-13-35/h8-11,16-17,22-23,35H,3-7,12-13H2,1-2H3,(H,31,36)(H,32,33)(H,29,30,37)/t23-/m0/s1. The minimum Gasteiger partial charge on any atom is -0.396 e. The number of H-pyrrole nitrogens is 1. The maximum absolute atomic E-state index is 15.0. The van der Waals surface area contributed by atoms with Crippen molar-refractivity contribution in [2.45, 2.75) is 58.5 Å². The molecular weight excluding hydrogens is 477 g/mol. The molecule has 11 heteroatoms. The zero-order valence-corrected chi connectivity index (χ0v) is 21.0. The van der Waals surface area contributed by atoms with E-state index in [0.717, 1.165) is 31.4 Å². The van der Waals surface area contributed by atoms with Crippen LogP contribution >= 0.6 is 0 Å². The smallest absolute Gasteiger partial charge is 0.270 e. The molecule has 3 aromatic heterocycles. The molecule has 2 aliphatic rings. The van der Waals surface area contributed by atoms with Crippen molar-refractivity contribution in [3.63, 3.8) is 0 Å². The summed E-state index contributed by atoms with van der Waals surface area (Å²) in [6.07, 6.45) is 6.10. The number of nitrogens with one attached hydrogen (secondary N) is 3. The molecule has 2 amide bonds. The number of carbonyl (C=O) groups excluding carboxylic acids is 2. The van der Waals surface area contributed by atoms with E-state index < -0.39 is 23.8 Å². The number of rotatable bonds is 11. The number of nitrogens with zero attached hydrogens (tertiary/aromatic N) is 4. The monoisotopic (exact) mass is 509 g/mol. The third kappa shape index (κ3) is 5.41. The molecule has 0 radical (unpaired) electrons. The predicted molar refractivity (Wildman–Crippen MR) is 134 cm³/mol. The molecule has 5 rings (SSSR count). The molecule has 0 spiro atoms. The van der Waals surface area contributed by atoms with Crippen LogP contribution in [-0.2, 0) is 11.3 Å². The molecule has 0 aliphatic heterocycles. The van der Waals surface area contributed by atoms with Crippen LogP contribution in [0, 0.1) is 37.5 Å². The second kappa shape index (κ2) is 10.4. The zero-order valence-electron chi connectivity index (χ0n) is 21.0. The predicted octanol–water partition coefficient (Wildman–Crippen LogP) is 2.98. The van der Waals surface area contributed by atoms with Crippen molar-refractivity contribution in [2.24, 2.45) is 17.8 Å². The highest BCUT2D eigenvalue weighted by Gasteiger charge is 2.48. The lowest BCUT2D eigenvalue weighted by Crippen LogP contribution is -2.50. The number of aromatic amines is 1. The summed E-state index contributed by atoms with van der Waals surface area (Å²) in [6, 6.07) is 3.96. The van der Waals surface area contributed by atoms with Crippen LogP contribution in [0.2, 0.25) is 0 Å². The van der Waals surface area contributed by atoms with E-state index in [9.17, 15) is 9.59 Å². The molecule has 0 unspecified atom stereocenters. The van der Waals surface area contributed by atoms with Crippen LogP contribution in [0.4, 0.5) is 10.2 Å². The van der Waals surface area contributed by atoms with Gasteiger partial charge in [0.05, 0.1) is 5.69 Å². The minimum atomic E-state index is -0.781. The van der Waals surface area contributed by atoms with Crippen molar-refractivity contribution in [1.82, 2.24) is 30.3 Å². The molecular formula is C26H32FN7O3. The number of aryl methyl sites for hydroxylation is 3. The van der Waals surface area contributed by atoms with Crippen LogP contribution < -0.4 is 10.6 Å². The van der Waals surface area contributed by atoms with Gasteiger partial charge in [0, 0.05) is 36.2 Å². The number of halogens is 1. The van der Waals surface area contributed by atoms with Crippen molar-refractivity contribution < 1.29 is 19.1 Å². The van der Waals surface area contributed by atoms with Crippen LogP contribution in [0.3, 0.4) is 0 Å². The Bertz CT molecular complexity index is 1260. The van der Waals surface area contributed by atoms with E-state index in [0.29, 0.717) is 47.3 Å².